The molecule has 2 saturated carbocycles. The van der Waals surface area contributed by atoms with E-state index in [-0.39, 0.29) is 12.0 Å². The summed E-state index contributed by atoms with van der Waals surface area (Å²) in [4.78, 5) is 10.5. The summed E-state index contributed by atoms with van der Waals surface area (Å²) < 4.78 is 0. The van der Waals surface area contributed by atoms with Gasteiger partial charge in [0.1, 0.15) is 0 Å². The second kappa shape index (κ2) is 1.72. The highest BCUT2D eigenvalue weighted by atomic mass is 16.4. The van der Waals surface area contributed by atoms with Gasteiger partial charge in [-0.3, -0.25) is 4.79 Å². The Balaban J connectivity index is 2.05. The lowest BCUT2D eigenvalue weighted by atomic mass is 9.50. The average Bonchev–Trinajstić information content (AvgIpc) is 1.79. The Morgan fingerprint density at radius 2 is 2.00 bits per heavy atom. The van der Waals surface area contributed by atoms with Crippen LogP contribution in [0.5, 0.6) is 0 Å². The zero-order chi connectivity index (χ0) is 7.30. The molecule has 0 bridgehead atoms. The Morgan fingerprint density at radius 1 is 1.40 bits per heavy atom. The van der Waals surface area contributed by atoms with E-state index in [1.54, 1.807) is 0 Å². The molecule has 2 aliphatic carbocycles. The van der Waals surface area contributed by atoms with Gasteiger partial charge in [0.15, 0.2) is 0 Å². The monoisotopic (exact) mass is 141 g/mol. The molecule has 4 atom stereocenters. The van der Waals surface area contributed by atoms with Gasteiger partial charge < -0.3 is 10.8 Å². The first kappa shape index (κ1) is 6.16. The van der Waals surface area contributed by atoms with Gasteiger partial charge in [-0.25, -0.2) is 0 Å². The van der Waals surface area contributed by atoms with Crippen LogP contribution in [0.15, 0.2) is 0 Å². The molecular weight excluding hydrogens is 130 g/mol. The van der Waals surface area contributed by atoms with Crippen LogP contribution in [0.25, 0.3) is 0 Å². The number of carbonyl (C=O) groups is 1. The van der Waals surface area contributed by atoms with Crippen LogP contribution in [0.1, 0.15) is 12.8 Å². The molecule has 2 rings (SSSR count). The van der Waals surface area contributed by atoms with Crippen LogP contribution in [0, 0.1) is 17.8 Å². The summed E-state index contributed by atoms with van der Waals surface area (Å²) >= 11 is 0. The van der Waals surface area contributed by atoms with Crippen molar-refractivity contribution in [3.8, 4) is 0 Å². The molecule has 3 N–H and O–H groups in total. The maximum atomic E-state index is 10.5. The standard InChI is InChI=1S/C7H11NO2/c8-6-4-2-1-3(4)5(6)7(9)10/h3-6H,1-2,8H2,(H,9,10). The Hall–Kier alpha value is -0.570. The van der Waals surface area contributed by atoms with Gasteiger partial charge in [0.2, 0.25) is 0 Å². The van der Waals surface area contributed by atoms with Crippen LogP contribution in [0.4, 0.5) is 0 Å². The molecule has 0 aliphatic heterocycles. The van der Waals surface area contributed by atoms with Gasteiger partial charge in [0.05, 0.1) is 5.92 Å². The SMILES string of the molecule is NC1C2CCC2C1C(=O)O. The molecule has 0 heterocycles. The van der Waals surface area contributed by atoms with Gasteiger partial charge >= 0.3 is 5.97 Å². The maximum Gasteiger partial charge on any atom is 0.308 e. The minimum absolute atomic E-state index is 0.0451. The number of hydrogen-bond donors (Lipinski definition) is 2. The molecule has 2 fully saturated rings. The molecule has 0 aromatic carbocycles. The predicted molar refractivity (Wildman–Crippen MR) is 35.3 cm³/mol. The lowest BCUT2D eigenvalue weighted by Crippen LogP contribution is -2.63. The van der Waals surface area contributed by atoms with Crippen LogP contribution in [0.2, 0.25) is 0 Å². The van der Waals surface area contributed by atoms with Crippen LogP contribution in [-0.2, 0) is 4.79 Å². The summed E-state index contributed by atoms with van der Waals surface area (Å²) in [5, 5.41) is 8.65. The van der Waals surface area contributed by atoms with Crippen LogP contribution in [0.3, 0.4) is 0 Å². The van der Waals surface area contributed by atoms with Gasteiger partial charge in [0, 0.05) is 6.04 Å². The zero-order valence-corrected chi connectivity index (χ0v) is 5.66. The molecule has 4 unspecified atom stereocenters. The third-order valence-electron chi connectivity index (χ3n) is 3.04. The van der Waals surface area contributed by atoms with Crippen molar-refractivity contribution in [2.24, 2.45) is 23.5 Å². The Bertz CT molecular complexity index is 174. The van der Waals surface area contributed by atoms with Gasteiger partial charge in [-0.05, 0) is 24.7 Å². The number of carboxylic acids is 1. The van der Waals surface area contributed by atoms with E-state index < -0.39 is 5.97 Å². The number of nitrogens with two attached hydrogens (primary N) is 1. The van der Waals surface area contributed by atoms with Gasteiger partial charge in [-0.15, -0.1) is 0 Å². The van der Waals surface area contributed by atoms with E-state index in [2.05, 4.69) is 0 Å². The van der Waals surface area contributed by atoms with E-state index in [9.17, 15) is 4.79 Å². The van der Waals surface area contributed by atoms with Crippen LogP contribution < -0.4 is 5.73 Å². The fourth-order valence-corrected chi connectivity index (χ4v) is 2.23. The zero-order valence-electron chi connectivity index (χ0n) is 5.66. The molecular formula is C7H11NO2. The third kappa shape index (κ3) is 0.515. The largest absolute Gasteiger partial charge is 0.481 e. The minimum Gasteiger partial charge on any atom is -0.481 e. The molecule has 10 heavy (non-hydrogen) atoms. The van der Waals surface area contributed by atoms with E-state index in [1.165, 1.54) is 0 Å². The minimum atomic E-state index is -0.701. The van der Waals surface area contributed by atoms with Crippen molar-refractivity contribution >= 4 is 5.97 Å². The normalized spacial score (nSPS) is 50.5. The summed E-state index contributed by atoms with van der Waals surface area (Å²) in [5.41, 5.74) is 5.63. The summed E-state index contributed by atoms with van der Waals surface area (Å²) in [6.07, 6.45) is 2.23. The number of rotatable bonds is 1. The topological polar surface area (TPSA) is 63.3 Å². The molecule has 3 nitrogen and oxygen atoms in total. The third-order valence-corrected chi connectivity index (χ3v) is 3.04. The molecule has 2 aliphatic rings. The van der Waals surface area contributed by atoms with Crippen molar-refractivity contribution in [3.05, 3.63) is 0 Å². The number of aliphatic carboxylic acids is 1. The molecule has 0 amide bonds. The first-order chi connectivity index (χ1) is 4.72. The Kier molecular flexibility index (Phi) is 1.06. The van der Waals surface area contributed by atoms with Crippen LogP contribution in [-0.4, -0.2) is 17.1 Å². The fraction of sp³-hybridized carbons (Fsp3) is 0.857. The van der Waals surface area contributed by atoms with Crippen molar-refractivity contribution in [1.29, 1.82) is 0 Å². The molecule has 0 saturated heterocycles. The van der Waals surface area contributed by atoms with Gasteiger partial charge in [0.25, 0.3) is 0 Å². The molecule has 0 radical (unpaired) electrons. The van der Waals surface area contributed by atoms with E-state index in [0.29, 0.717) is 11.8 Å². The lowest BCUT2D eigenvalue weighted by molar-refractivity contribution is -0.161. The first-order valence-electron chi connectivity index (χ1n) is 3.70. The van der Waals surface area contributed by atoms with E-state index >= 15 is 0 Å². The van der Waals surface area contributed by atoms with Gasteiger partial charge in [-0.2, -0.15) is 0 Å². The second-order valence-corrected chi connectivity index (χ2v) is 3.35. The highest BCUT2D eigenvalue weighted by Gasteiger charge is 2.56. The van der Waals surface area contributed by atoms with Gasteiger partial charge in [-0.1, -0.05) is 0 Å². The Labute approximate surface area is 59.2 Å². The molecule has 0 aromatic heterocycles. The molecule has 0 spiro atoms. The number of hydrogen-bond acceptors (Lipinski definition) is 2. The quantitative estimate of drug-likeness (QED) is 0.542. The van der Waals surface area contributed by atoms with Crippen molar-refractivity contribution in [3.63, 3.8) is 0 Å². The summed E-state index contributed by atoms with van der Waals surface area (Å²) in [6, 6.07) is -0.0451. The number of carboxylic acid groups (broad SMARTS) is 1. The molecule has 0 aromatic rings. The van der Waals surface area contributed by atoms with Crippen molar-refractivity contribution < 1.29 is 9.90 Å². The summed E-state index contributed by atoms with van der Waals surface area (Å²) in [7, 11) is 0. The smallest absolute Gasteiger partial charge is 0.308 e. The lowest BCUT2D eigenvalue weighted by Gasteiger charge is -2.55. The molecule has 56 valence electrons. The summed E-state index contributed by atoms with van der Waals surface area (Å²) in [6.45, 7) is 0. The fourth-order valence-electron chi connectivity index (χ4n) is 2.23. The average molecular weight is 141 g/mol. The summed E-state index contributed by atoms with van der Waals surface area (Å²) in [5.74, 6) is 0.0424. The van der Waals surface area contributed by atoms with Crippen molar-refractivity contribution in [1.82, 2.24) is 0 Å². The predicted octanol–water partition coefficient (Wildman–Crippen LogP) is 0.0543. The van der Waals surface area contributed by atoms with E-state index in [4.69, 9.17) is 10.8 Å². The van der Waals surface area contributed by atoms with Crippen LogP contribution >= 0.6 is 0 Å². The van der Waals surface area contributed by atoms with Crippen molar-refractivity contribution in [2.45, 2.75) is 18.9 Å². The highest BCUT2D eigenvalue weighted by Crippen LogP contribution is 2.53. The number of fused-ring (bicyclic) bond motifs is 1. The molecule has 3 heteroatoms. The second-order valence-electron chi connectivity index (χ2n) is 3.35. The first-order valence-corrected chi connectivity index (χ1v) is 3.70. The Morgan fingerprint density at radius 3 is 2.20 bits per heavy atom. The van der Waals surface area contributed by atoms with E-state index in [0.717, 1.165) is 12.8 Å². The highest BCUT2D eigenvalue weighted by molar-refractivity contribution is 5.73. The van der Waals surface area contributed by atoms with E-state index in [1.807, 2.05) is 0 Å². The maximum absolute atomic E-state index is 10.5. The van der Waals surface area contributed by atoms with Crippen molar-refractivity contribution in [2.75, 3.05) is 0 Å².